The molecule has 0 saturated heterocycles. The molecule has 0 radical (unpaired) electrons. The summed E-state index contributed by atoms with van der Waals surface area (Å²) in [7, 11) is 0. The van der Waals surface area contributed by atoms with Gasteiger partial charge >= 0.3 is 0 Å². The molecule has 68 valence electrons. The van der Waals surface area contributed by atoms with Crippen LogP contribution in [0.3, 0.4) is 0 Å². The van der Waals surface area contributed by atoms with E-state index in [2.05, 4.69) is 12.2 Å². The summed E-state index contributed by atoms with van der Waals surface area (Å²) < 4.78 is 5.32. The molecule has 11 heavy (non-hydrogen) atoms. The van der Waals surface area contributed by atoms with Gasteiger partial charge in [0.1, 0.15) is 0 Å². The van der Waals surface area contributed by atoms with Gasteiger partial charge in [-0.2, -0.15) is 0 Å². The van der Waals surface area contributed by atoms with E-state index >= 15 is 0 Å². The SMILES string of the molecule is CCCCOCCNCCN. The van der Waals surface area contributed by atoms with Gasteiger partial charge in [0.15, 0.2) is 0 Å². The van der Waals surface area contributed by atoms with Crippen molar-refractivity contribution < 1.29 is 4.74 Å². The van der Waals surface area contributed by atoms with Crippen molar-refractivity contribution in [2.24, 2.45) is 5.73 Å². The van der Waals surface area contributed by atoms with Gasteiger partial charge in [0.05, 0.1) is 6.61 Å². The first-order valence-electron chi connectivity index (χ1n) is 4.40. The molecular weight excluding hydrogens is 140 g/mol. The van der Waals surface area contributed by atoms with Crippen molar-refractivity contribution in [3.63, 3.8) is 0 Å². The maximum absolute atomic E-state index is 5.32. The van der Waals surface area contributed by atoms with E-state index < -0.39 is 0 Å². The Labute approximate surface area is 69.3 Å². The highest BCUT2D eigenvalue weighted by atomic mass is 16.5. The molecule has 0 amide bonds. The lowest BCUT2D eigenvalue weighted by molar-refractivity contribution is 0.133. The van der Waals surface area contributed by atoms with Crippen molar-refractivity contribution in [3.8, 4) is 0 Å². The standard InChI is InChI=1S/C8H20N2O/c1-2-3-7-11-8-6-10-5-4-9/h10H,2-9H2,1H3. The monoisotopic (exact) mass is 160 g/mol. The molecule has 0 atom stereocenters. The van der Waals surface area contributed by atoms with E-state index in [-0.39, 0.29) is 0 Å². The van der Waals surface area contributed by atoms with E-state index in [1.807, 2.05) is 0 Å². The summed E-state index contributed by atoms with van der Waals surface area (Å²) in [6.45, 7) is 6.36. The number of nitrogens with one attached hydrogen (secondary N) is 1. The normalized spacial score (nSPS) is 10.4. The maximum Gasteiger partial charge on any atom is 0.0590 e. The van der Waals surface area contributed by atoms with E-state index in [4.69, 9.17) is 10.5 Å². The smallest absolute Gasteiger partial charge is 0.0590 e. The molecule has 0 spiro atoms. The second-order valence-electron chi connectivity index (χ2n) is 2.50. The van der Waals surface area contributed by atoms with Crippen molar-refractivity contribution in [1.29, 1.82) is 0 Å². The lowest BCUT2D eigenvalue weighted by Gasteiger charge is -2.03. The first kappa shape index (κ1) is 10.9. The number of ether oxygens (including phenoxy) is 1. The molecule has 0 aromatic heterocycles. The second-order valence-corrected chi connectivity index (χ2v) is 2.50. The van der Waals surface area contributed by atoms with Crippen molar-refractivity contribution in [2.75, 3.05) is 32.8 Å². The first-order chi connectivity index (χ1) is 5.41. The van der Waals surface area contributed by atoms with Crippen molar-refractivity contribution >= 4 is 0 Å². The molecule has 0 aliphatic heterocycles. The molecule has 0 bridgehead atoms. The molecule has 0 fully saturated rings. The zero-order valence-electron chi connectivity index (χ0n) is 7.44. The maximum atomic E-state index is 5.32. The molecule has 0 aliphatic rings. The number of hydrogen-bond donors (Lipinski definition) is 2. The second kappa shape index (κ2) is 9.88. The van der Waals surface area contributed by atoms with Gasteiger partial charge in [0.2, 0.25) is 0 Å². The zero-order valence-corrected chi connectivity index (χ0v) is 7.44. The Morgan fingerprint density at radius 1 is 1.27 bits per heavy atom. The van der Waals surface area contributed by atoms with Crippen LogP contribution in [0.15, 0.2) is 0 Å². The van der Waals surface area contributed by atoms with E-state index in [0.29, 0.717) is 6.54 Å². The van der Waals surface area contributed by atoms with Crippen molar-refractivity contribution in [2.45, 2.75) is 19.8 Å². The molecular formula is C8H20N2O. The van der Waals surface area contributed by atoms with E-state index in [9.17, 15) is 0 Å². The number of nitrogens with two attached hydrogens (primary N) is 1. The lowest BCUT2D eigenvalue weighted by atomic mass is 10.4. The summed E-state index contributed by atoms with van der Waals surface area (Å²) >= 11 is 0. The van der Waals surface area contributed by atoms with Gasteiger partial charge in [-0.3, -0.25) is 0 Å². The topological polar surface area (TPSA) is 47.3 Å². The highest BCUT2D eigenvalue weighted by molar-refractivity contribution is 4.45. The highest BCUT2D eigenvalue weighted by Crippen LogP contribution is 1.86. The summed E-state index contributed by atoms with van der Waals surface area (Å²) in [5.74, 6) is 0. The fourth-order valence-electron chi connectivity index (χ4n) is 0.720. The van der Waals surface area contributed by atoms with Crippen molar-refractivity contribution in [3.05, 3.63) is 0 Å². The van der Waals surface area contributed by atoms with Gasteiger partial charge in [-0.15, -0.1) is 0 Å². The van der Waals surface area contributed by atoms with Gasteiger partial charge < -0.3 is 15.8 Å². The molecule has 3 nitrogen and oxygen atoms in total. The number of unbranched alkanes of at least 4 members (excludes halogenated alkanes) is 1. The van der Waals surface area contributed by atoms with Crippen LogP contribution in [0.4, 0.5) is 0 Å². The van der Waals surface area contributed by atoms with E-state index in [0.717, 1.165) is 32.7 Å². The fraction of sp³-hybridized carbons (Fsp3) is 1.00. The summed E-state index contributed by atoms with van der Waals surface area (Å²) in [6.07, 6.45) is 2.37. The molecule has 3 N–H and O–H groups in total. The Bertz CT molecular complexity index is 61.1. The Morgan fingerprint density at radius 2 is 2.09 bits per heavy atom. The highest BCUT2D eigenvalue weighted by Gasteiger charge is 1.86. The molecule has 0 aliphatic carbocycles. The quantitative estimate of drug-likeness (QED) is 0.504. The summed E-state index contributed by atoms with van der Waals surface area (Å²) in [5, 5.41) is 3.16. The van der Waals surface area contributed by atoms with Crippen LogP contribution < -0.4 is 11.1 Å². The minimum Gasteiger partial charge on any atom is -0.380 e. The van der Waals surface area contributed by atoms with E-state index in [1.165, 1.54) is 6.42 Å². The van der Waals surface area contributed by atoms with Crippen LogP contribution in [-0.2, 0) is 4.74 Å². The molecule has 0 unspecified atom stereocenters. The van der Waals surface area contributed by atoms with Crippen LogP contribution in [0.1, 0.15) is 19.8 Å². The fourth-order valence-corrected chi connectivity index (χ4v) is 0.720. The Morgan fingerprint density at radius 3 is 2.73 bits per heavy atom. The third-order valence-corrected chi connectivity index (χ3v) is 1.39. The molecule has 0 saturated carbocycles. The average Bonchev–Trinajstić information content (AvgIpc) is 2.03. The molecule has 0 heterocycles. The average molecular weight is 160 g/mol. The lowest BCUT2D eigenvalue weighted by Crippen LogP contribution is -2.26. The Kier molecular flexibility index (Phi) is 9.77. The molecule has 0 aromatic carbocycles. The van der Waals surface area contributed by atoms with Gasteiger partial charge in [0.25, 0.3) is 0 Å². The summed E-state index contributed by atoms with van der Waals surface area (Å²) in [4.78, 5) is 0. The van der Waals surface area contributed by atoms with Crippen LogP contribution >= 0.6 is 0 Å². The van der Waals surface area contributed by atoms with Gasteiger partial charge in [-0.25, -0.2) is 0 Å². The third kappa shape index (κ3) is 9.88. The zero-order chi connectivity index (χ0) is 8.36. The largest absolute Gasteiger partial charge is 0.380 e. The van der Waals surface area contributed by atoms with Crippen LogP contribution in [0.2, 0.25) is 0 Å². The van der Waals surface area contributed by atoms with Gasteiger partial charge in [-0.1, -0.05) is 13.3 Å². The van der Waals surface area contributed by atoms with Crippen LogP contribution in [0.25, 0.3) is 0 Å². The van der Waals surface area contributed by atoms with Crippen molar-refractivity contribution in [1.82, 2.24) is 5.32 Å². The van der Waals surface area contributed by atoms with E-state index in [1.54, 1.807) is 0 Å². The molecule has 0 rings (SSSR count). The summed E-state index contributed by atoms with van der Waals surface area (Å²) in [5.41, 5.74) is 5.29. The predicted molar refractivity (Wildman–Crippen MR) is 47.7 cm³/mol. The van der Waals surface area contributed by atoms with Crippen LogP contribution in [-0.4, -0.2) is 32.8 Å². The minimum absolute atomic E-state index is 0.703. The number of rotatable bonds is 8. The Balaban J connectivity index is 2.69. The predicted octanol–water partition coefficient (Wildman–Crippen LogP) is 0.351. The van der Waals surface area contributed by atoms with Crippen LogP contribution in [0.5, 0.6) is 0 Å². The summed E-state index contributed by atoms with van der Waals surface area (Å²) in [6, 6.07) is 0. The number of hydrogen-bond acceptors (Lipinski definition) is 3. The first-order valence-corrected chi connectivity index (χ1v) is 4.40. The van der Waals surface area contributed by atoms with Gasteiger partial charge in [0, 0.05) is 26.2 Å². The molecule has 0 aromatic rings. The minimum atomic E-state index is 0.703. The molecule has 3 heteroatoms. The van der Waals surface area contributed by atoms with Crippen LogP contribution in [0, 0.1) is 0 Å². The Hall–Kier alpha value is -0.120. The van der Waals surface area contributed by atoms with Gasteiger partial charge in [-0.05, 0) is 6.42 Å². The third-order valence-electron chi connectivity index (χ3n) is 1.39.